The summed E-state index contributed by atoms with van der Waals surface area (Å²) in [5, 5.41) is 3.09. The summed E-state index contributed by atoms with van der Waals surface area (Å²) in [7, 11) is 1.66. The van der Waals surface area contributed by atoms with Gasteiger partial charge in [-0.1, -0.05) is 18.6 Å². The quantitative estimate of drug-likeness (QED) is 0.790. The van der Waals surface area contributed by atoms with Gasteiger partial charge in [-0.2, -0.15) is 0 Å². The molecule has 3 fully saturated rings. The van der Waals surface area contributed by atoms with Gasteiger partial charge >= 0.3 is 0 Å². The lowest BCUT2D eigenvalue weighted by Crippen LogP contribution is -2.54. The summed E-state index contributed by atoms with van der Waals surface area (Å²) < 4.78 is 19.0. The van der Waals surface area contributed by atoms with Crippen LogP contribution in [0.5, 0.6) is 0 Å². The van der Waals surface area contributed by atoms with Gasteiger partial charge in [0.2, 0.25) is 5.91 Å². The van der Waals surface area contributed by atoms with Gasteiger partial charge in [-0.3, -0.25) is 9.59 Å². The Morgan fingerprint density at radius 2 is 1.90 bits per heavy atom. The molecule has 0 bridgehead atoms. The van der Waals surface area contributed by atoms with E-state index in [1.54, 1.807) is 19.2 Å². The Bertz CT molecular complexity index is 744. The number of likely N-dealkylation sites (N-methyl/N-ethyl adjacent to an activating group) is 1. The lowest BCUT2D eigenvalue weighted by atomic mass is 9.97. The summed E-state index contributed by atoms with van der Waals surface area (Å²) in [6, 6.07) is 5.34. The maximum absolute atomic E-state index is 13.3. The van der Waals surface area contributed by atoms with Gasteiger partial charge in [0.25, 0.3) is 5.91 Å². The van der Waals surface area contributed by atoms with E-state index in [0.29, 0.717) is 12.1 Å². The molecule has 2 heterocycles. The average molecular weight is 403 g/mol. The largest absolute Gasteiger partial charge is 0.356 e. The number of carbonyl (C=O) groups is 2. The Labute approximate surface area is 171 Å². The smallest absolute Gasteiger partial charge is 0.251 e. The van der Waals surface area contributed by atoms with Crippen LogP contribution in [0.1, 0.15) is 43.7 Å². The van der Waals surface area contributed by atoms with E-state index in [0.717, 1.165) is 32.5 Å². The van der Waals surface area contributed by atoms with E-state index in [4.69, 9.17) is 4.74 Å². The highest BCUT2D eigenvalue weighted by Gasteiger charge is 2.46. The Morgan fingerprint density at radius 1 is 1.21 bits per heavy atom. The van der Waals surface area contributed by atoms with Crippen molar-refractivity contribution < 1.29 is 18.7 Å². The molecule has 0 spiro atoms. The van der Waals surface area contributed by atoms with Crippen molar-refractivity contribution >= 4 is 11.8 Å². The first kappa shape index (κ1) is 20.3. The Morgan fingerprint density at radius 3 is 2.55 bits per heavy atom. The fourth-order valence-electron chi connectivity index (χ4n) is 4.52. The van der Waals surface area contributed by atoms with Gasteiger partial charge in [-0.25, -0.2) is 4.39 Å². The molecule has 29 heavy (non-hydrogen) atoms. The van der Waals surface area contributed by atoms with Crippen LogP contribution < -0.4 is 5.32 Å². The zero-order valence-corrected chi connectivity index (χ0v) is 17.0. The summed E-state index contributed by atoms with van der Waals surface area (Å²) in [6.07, 6.45) is 5.31. The fourth-order valence-corrected chi connectivity index (χ4v) is 4.52. The standard InChI is InChI=1S/C22H30FN3O3/c1-25-18(27)13-29-20(19(25)16-5-7-17(23)8-6-16)21(28)24-14-22(9-10-22)15-26-11-3-2-4-12-26/h5-8,19-20H,2-4,9-15H2,1H3,(H,24,28). The molecule has 2 saturated heterocycles. The predicted molar refractivity (Wildman–Crippen MR) is 107 cm³/mol. The number of likely N-dealkylation sites (tertiary alicyclic amines) is 1. The summed E-state index contributed by atoms with van der Waals surface area (Å²) in [5.74, 6) is -0.746. The zero-order valence-electron chi connectivity index (χ0n) is 17.0. The van der Waals surface area contributed by atoms with E-state index in [1.165, 1.54) is 36.3 Å². The van der Waals surface area contributed by atoms with Gasteiger partial charge < -0.3 is 19.9 Å². The number of carbonyl (C=O) groups excluding carboxylic acids is 2. The molecule has 0 radical (unpaired) electrons. The van der Waals surface area contributed by atoms with Crippen molar-refractivity contribution in [3.63, 3.8) is 0 Å². The van der Waals surface area contributed by atoms with E-state index in [9.17, 15) is 14.0 Å². The SMILES string of the molecule is CN1C(=O)COC(C(=O)NCC2(CN3CCCCC3)CC2)C1c1ccc(F)cc1. The molecule has 2 amide bonds. The van der Waals surface area contributed by atoms with Crippen molar-refractivity contribution in [2.45, 2.75) is 44.2 Å². The van der Waals surface area contributed by atoms with E-state index in [1.807, 2.05) is 0 Å². The Kier molecular flexibility index (Phi) is 5.88. The Balaban J connectivity index is 1.40. The first-order valence-corrected chi connectivity index (χ1v) is 10.6. The first-order chi connectivity index (χ1) is 14.0. The van der Waals surface area contributed by atoms with Crippen molar-refractivity contribution in [2.75, 3.05) is 39.8 Å². The highest BCUT2D eigenvalue weighted by atomic mass is 19.1. The number of amides is 2. The van der Waals surface area contributed by atoms with Crippen LogP contribution in [0.3, 0.4) is 0 Å². The maximum atomic E-state index is 13.3. The number of nitrogens with zero attached hydrogens (tertiary/aromatic N) is 2. The molecule has 7 heteroatoms. The molecule has 1 N–H and O–H groups in total. The minimum absolute atomic E-state index is 0.120. The molecule has 6 nitrogen and oxygen atoms in total. The van der Waals surface area contributed by atoms with Crippen molar-refractivity contribution in [3.8, 4) is 0 Å². The molecule has 3 aliphatic rings. The second kappa shape index (κ2) is 8.40. The van der Waals surface area contributed by atoms with Gasteiger partial charge in [-0.05, 0) is 56.5 Å². The van der Waals surface area contributed by atoms with Gasteiger partial charge in [0, 0.05) is 25.6 Å². The van der Waals surface area contributed by atoms with Crippen molar-refractivity contribution in [2.24, 2.45) is 5.41 Å². The van der Waals surface area contributed by atoms with E-state index < -0.39 is 12.1 Å². The number of morpholine rings is 1. The summed E-state index contributed by atoms with van der Waals surface area (Å²) in [6.45, 7) is 3.86. The van der Waals surface area contributed by atoms with Gasteiger partial charge in [0.1, 0.15) is 12.4 Å². The number of nitrogens with one attached hydrogen (secondary N) is 1. The van der Waals surface area contributed by atoms with Crippen LogP contribution >= 0.6 is 0 Å². The fraction of sp³-hybridized carbons (Fsp3) is 0.636. The summed E-state index contributed by atoms with van der Waals surface area (Å²) in [5.41, 5.74) is 0.867. The lowest BCUT2D eigenvalue weighted by molar-refractivity contribution is -0.162. The van der Waals surface area contributed by atoms with Crippen molar-refractivity contribution in [1.29, 1.82) is 0 Å². The number of benzene rings is 1. The molecule has 1 aromatic carbocycles. The molecule has 2 atom stereocenters. The lowest BCUT2D eigenvalue weighted by Gasteiger charge is -2.38. The summed E-state index contributed by atoms with van der Waals surface area (Å²) >= 11 is 0. The molecule has 158 valence electrons. The number of hydrogen-bond acceptors (Lipinski definition) is 4. The molecule has 1 aliphatic carbocycles. The number of piperidine rings is 1. The minimum Gasteiger partial charge on any atom is -0.356 e. The van der Waals surface area contributed by atoms with Gasteiger partial charge in [-0.15, -0.1) is 0 Å². The minimum atomic E-state index is -0.797. The number of hydrogen-bond donors (Lipinski definition) is 1. The van der Waals surface area contributed by atoms with Crippen LogP contribution in [0, 0.1) is 11.2 Å². The monoisotopic (exact) mass is 403 g/mol. The molecular weight excluding hydrogens is 373 g/mol. The highest BCUT2D eigenvalue weighted by Crippen LogP contribution is 2.46. The number of halogens is 1. The number of ether oxygens (including phenoxy) is 1. The van der Waals surface area contributed by atoms with Crippen LogP contribution in [0.2, 0.25) is 0 Å². The van der Waals surface area contributed by atoms with Gasteiger partial charge in [0.05, 0.1) is 6.04 Å². The zero-order chi connectivity index (χ0) is 20.4. The third kappa shape index (κ3) is 4.61. The van der Waals surface area contributed by atoms with E-state index in [-0.39, 0.29) is 29.7 Å². The number of rotatable bonds is 6. The molecule has 2 aliphatic heterocycles. The van der Waals surface area contributed by atoms with Crippen LogP contribution in [0.15, 0.2) is 24.3 Å². The van der Waals surface area contributed by atoms with Crippen molar-refractivity contribution in [1.82, 2.24) is 15.1 Å². The van der Waals surface area contributed by atoms with Crippen LogP contribution in [-0.2, 0) is 14.3 Å². The second-order valence-electron chi connectivity index (χ2n) is 8.79. The molecule has 1 aromatic rings. The molecule has 4 rings (SSSR count). The highest BCUT2D eigenvalue weighted by molar-refractivity contribution is 5.86. The average Bonchev–Trinajstić information content (AvgIpc) is 3.49. The van der Waals surface area contributed by atoms with Gasteiger partial charge in [0.15, 0.2) is 6.10 Å². The normalized spacial score (nSPS) is 27.0. The van der Waals surface area contributed by atoms with Crippen LogP contribution in [-0.4, -0.2) is 67.6 Å². The van der Waals surface area contributed by atoms with Crippen LogP contribution in [0.25, 0.3) is 0 Å². The Hall–Kier alpha value is -1.99. The molecular formula is C22H30FN3O3. The van der Waals surface area contributed by atoms with Crippen LogP contribution in [0.4, 0.5) is 4.39 Å². The third-order valence-corrected chi connectivity index (χ3v) is 6.56. The molecule has 0 aromatic heterocycles. The summed E-state index contributed by atoms with van der Waals surface area (Å²) in [4.78, 5) is 29.2. The van der Waals surface area contributed by atoms with E-state index in [2.05, 4.69) is 10.2 Å². The van der Waals surface area contributed by atoms with E-state index >= 15 is 0 Å². The maximum Gasteiger partial charge on any atom is 0.251 e. The topological polar surface area (TPSA) is 61.9 Å². The predicted octanol–water partition coefficient (Wildman–Crippen LogP) is 2.11. The van der Waals surface area contributed by atoms with Crippen molar-refractivity contribution in [3.05, 3.63) is 35.6 Å². The molecule has 1 saturated carbocycles. The molecule has 2 unspecified atom stereocenters. The first-order valence-electron chi connectivity index (χ1n) is 10.6. The second-order valence-corrected chi connectivity index (χ2v) is 8.79. The third-order valence-electron chi connectivity index (χ3n) is 6.56.